The largest absolute Gasteiger partial charge is 0.506 e. The maximum absolute atomic E-state index is 13.4. The summed E-state index contributed by atoms with van der Waals surface area (Å²) >= 11 is 0. The number of allylic oxidation sites excluding steroid dienone is 5. The van der Waals surface area contributed by atoms with Gasteiger partial charge in [-0.2, -0.15) is 0 Å². The fourth-order valence-electron chi connectivity index (χ4n) is 7.62. The highest BCUT2D eigenvalue weighted by molar-refractivity contribution is 6.25. The molecule has 2 saturated heterocycles. The van der Waals surface area contributed by atoms with Gasteiger partial charge in [-0.1, -0.05) is 64.8 Å². The number of aliphatic hydroxyl groups excluding tert-OH is 1. The standard InChI is InChI=1S/C38H46N4O2/c1-37(2)29-19-25(23-41-15-7-5-8-16-41)11-13-31(29)39-33(37)21-27-35(43)28(36(27)44)22-34-38(3,4)30-20-26(12-14-32(30)40-34)24-42-17-9-6-10-18-42/h11-14,19-22,39,43H,5-10,15-18,23-24H2,1-4H3. The van der Waals surface area contributed by atoms with Gasteiger partial charge in [-0.05, 0) is 98.4 Å². The number of aliphatic hydroxyl groups is 1. The summed E-state index contributed by atoms with van der Waals surface area (Å²) in [6.07, 6.45) is 11.4. The van der Waals surface area contributed by atoms with Crippen LogP contribution in [0, 0.1) is 0 Å². The number of fused-ring (bicyclic) bond motifs is 2. The second kappa shape index (κ2) is 11.1. The van der Waals surface area contributed by atoms with Crippen LogP contribution in [0.5, 0.6) is 0 Å². The maximum atomic E-state index is 13.4. The third-order valence-corrected chi connectivity index (χ3v) is 10.6. The Morgan fingerprint density at radius 2 is 1.39 bits per heavy atom. The Morgan fingerprint density at radius 1 is 0.795 bits per heavy atom. The zero-order valence-corrected chi connectivity index (χ0v) is 26.8. The van der Waals surface area contributed by atoms with Gasteiger partial charge in [0.15, 0.2) is 0 Å². The zero-order valence-electron chi connectivity index (χ0n) is 26.8. The Bertz CT molecular complexity index is 1630. The van der Waals surface area contributed by atoms with Gasteiger partial charge in [0, 0.05) is 35.3 Å². The highest BCUT2D eigenvalue weighted by Crippen LogP contribution is 2.46. The number of hydrogen-bond donors (Lipinski definition) is 2. The number of ketones is 1. The second-order valence-corrected chi connectivity index (χ2v) is 14.5. The Labute approximate surface area is 262 Å². The van der Waals surface area contributed by atoms with E-state index in [2.05, 4.69) is 79.2 Å². The zero-order chi connectivity index (χ0) is 30.6. The normalized spacial score (nSPS) is 24.7. The van der Waals surface area contributed by atoms with Crippen molar-refractivity contribution < 1.29 is 9.90 Å². The molecule has 0 aromatic heterocycles. The first-order chi connectivity index (χ1) is 21.1. The molecule has 0 unspecified atom stereocenters. The molecule has 5 aliphatic rings. The number of nitrogens with one attached hydrogen (secondary N) is 1. The minimum Gasteiger partial charge on any atom is -0.506 e. The predicted octanol–water partition coefficient (Wildman–Crippen LogP) is 7.63. The molecule has 0 saturated carbocycles. The van der Waals surface area contributed by atoms with Gasteiger partial charge in [0.1, 0.15) is 5.76 Å². The van der Waals surface area contributed by atoms with E-state index < -0.39 is 0 Å². The first-order valence-electron chi connectivity index (χ1n) is 16.6. The smallest absolute Gasteiger partial charge is 0.200 e. The molecule has 0 spiro atoms. The highest BCUT2D eigenvalue weighted by atomic mass is 16.3. The van der Waals surface area contributed by atoms with E-state index in [4.69, 9.17) is 4.99 Å². The van der Waals surface area contributed by atoms with Crippen molar-refractivity contribution in [3.8, 4) is 0 Å². The monoisotopic (exact) mass is 590 g/mol. The van der Waals surface area contributed by atoms with Crippen LogP contribution in [0.1, 0.15) is 88.5 Å². The highest BCUT2D eigenvalue weighted by Gasteiger charge is 2.41. The number of Topliss-reactive ketones (excluding diaryl/α,β-unsaturated/α-hetero) is 1. The second-order valence-electron chi connectivity index (χ2n) is 14.5. The molecule has 0 amide bonds. The molecule has 2 aromatic rings. The van der Waals surface area contributed by atoms with Crippen molar-refractivity contribution in [1.29, 1.82) is 0 Å². The van der Waals surface area contributed by atoms with Crippen molar-refractivity contribution in [1.82, 2.24) is 9.80 Å². The van der Waals surface area contributed by atoms with E-state index >= 15 is 0 Å². The molecule has 230 valence electrons. The number of aliphatic imine (C=N–C) groups is 1. The average molecular weight is 591 g/mol. The van der Waals surface area contributed by atoms with Crippen molar-refractivity contribution in [3.05, 3.63) is 93.4 Å². The first-order valence-corrected chi connectivity index (χ1v) is 16.6. The number of nitrogens with zero attached hydrogens (tertiary/aromatic N) is 3. The molecule has 0 atom stereocenters. The van der Waals surface area contributed by atoms with E-state index in [-0.39, 0.29) is 22.4 Å². The maximum Gasteiger partial charge on any atom is 0.200 e. The number of likely N-dealkylation sites (tertiary alicyclic amines) is 2. The molecule has 2 fully saturated rings. The van der Waals surface area contributed by atoms with Crippen molar-refractivity contribution >= 4 is 22.9 Å². The predicted molar refractivity (Wildman–Crippen MR) is 179 cm³/mol. The number of rotatable bonds is 6. The number of carbonyl (C=O) groups excluding carboxylic acids is 1. The molecule has 6 heteroatoms. The Morgan fingerprint density at radius 3 is 2.00 bits per heavy atom. The van der Waals surface area contributed by atoms with Gasteiger partial charge in [0.2, 0.25) is 5.78 Å². The van der Waals surface area contributed by atoms with Gasteiger partial charge in [-0.3, -0.25) is 19.6 Å². The number of anilines is 1. The summed E-state index contributed by atoms with van der Waals surface area (Å²) in [7, 11) is 0. The lowest BCUT2D eigenvalue weighted by atomic mass is 9.77. The van der Waals surface area contributed by atoms with Crippen molar-refractivity contribution in [2.45, 2.75) is 90.1 Å². The Hall–Kier alpha value is -3.48. The topological polar surface area (TPSA) is 68.2 Å². The number of piperidine rings is 2. The molecule has 4 heterocycles. The molecule has 6 nitrogen and oxygen atoms in total. The van der Waals surface area contributed by atoms with Crippen LogP contribution in [0.4, 0.5) is 11.4 Å². The van der Waals surface area contributed by atoms with Crippen LogP contribution in [-0.2, 0) is 28.7 Å². The SMILES string of the molecule is CC1(C)C(C=C2C(=O)C(C=C3Nc4ccc(CN5CCCCC5)cc4C3(C)C)=C2O)=Nc2ccc(CN3CCCCC3)cc21. The van der Waals surface area contributed by atoms with E-state index in [0.29, 0.717) is 11.1 Å². The molecule has 7 rings (SSSR count). The number of carbonyl (C=O) groups is 1. The van der Waals surface area contributed by atoms with Gasteiger partial charge >= 0.3 is 0 Å². The van der Waals surface area contributed by atoms with Gasteiger partial charge in [-0.15, -0.1) is 0 Å². The van der Waals surface area contributed by atoms with Crippen LogP contribution < -0.4 is 5.32 Å². The Kier molecular flexibility index (Phi) is 7.41. The average Bonchev–Trinajstić information content (AvgIpc) is 3.42. The van der Waals surface area contributed by atoms with Crippen LogP contribution in [-0.4, -0.2) is 52.6 Å². The van der Waals surface area contributed by atoms with Crippen LogP contribution in [0.2, 0.25) is 0 Å². The molecular weight excluding hydrogens is 544 g/mol. The van der Waals surface area contributed by atoms with Crippen molar-refractivity contribution in [2.75, 3.05) is 31.5 Å². The molecule has 2 N–H and O–H groups in total. The summed E-state index contributed by atoms with van der Waals surface area (Å²) in [6, 6.07) is 13.3. The number of benzene rings is 2. The minimum absolute atomic E-state index is 0.0575. The molecule has 0 radical (unpaired) electrons. The number of hydrogen-bond acceptors (Lipinski definition) is 6. The van der Waals surface area contributed by atoms with E-state index in [1.165, 1.54) is 87.0 Å². The van der Waals surface area contributed by atoms with Crippen molar-refractivity contribution in [2.24, 2.45) is 4.99 Å². The first kappa shape index (κ1) is 29.2. The molecule has 44 heavy (non-hydrogen) atoms. The summed E-state index contributed by atoms with van der Waals surface area (Å²) in [5.74, 6) is -0.0725. The summed E-state index contributed by atoms with van der Waals surface area (Å²) in [4.78, 5) is 23.4. The van der Waals surface area contributed by atoms with Gasteiger partial charge < -0.3 is 10.4 Å². The van der Waals surface area contributed by atoms with Gasteiger partial charge in [0.05, 0.1) is 22.5 Å². The third-order valence-electron chi connectivity index (χ3n) is 10.6. The molecule has 4 aliphatic heterocycles. The third kappa shape index (κ3) is 5.16. The fourth-order valence-corrected chi connectivity index (χ4v) is 7.62. The van der Waals surface area contributed by atoms with Gasteiger partial charge in [-0.25, -0.2) is 0 Å². The van der Waals surface area contributed by atoms with E-state index in [9.17, 15) is 9.90 Å². The molecule has 2 aromatic carbocycles. The summed E-state index contributed by atoms with van der Waals surface area (Å²) in [5.41, 5.74) is 8.91. The van der Waals surface area contributed by atoms with E-state index in [1.54, 1.807) is 6.08 Å². The van der Waals surface area contributed by atoms with Crippen LogP contribution in [0.25, 0.3) is 0 Å². The summed E-state index contributed by atoms with van der Waals surface area (Å²) < 4.78 is 0. The minimum atomic E-state index is -0.350. The lowest BCUT2D eigenvalue weighted by Gasteiger charge is -2.28. The van der Waals surface area contributed by atoms with E-state index in [1.807, 2.05) is 6.08 Å². The van der Waals surface area contributed by atoms with Crippen LogP contribution in [0.3, 0.4) is 0 Å². The van der Waals surface area contributed by atoms with Crippen LogP contribution >= 0.6 is 0 Å². The Balaban J connectivity index is 1.09. The molecule has 1 aliphatic carbocycles. The van der Waals surface area contributed by atoms with Crippen molar-refractivity contribution in [3.63, 3.8) is 0 Å². The molecule has 0 bridgehead atoms. The lowest BCUT2D eigenvalue weighted by Crippen LogP contribution is -2.30. The van der Waals surface area contributed by atoms with E-state index in [0.717, 1.165) is 35.9 Å². The lowest BCUT2D eigenvalue weighted by molar-refractivity contribution is -0.113. The fraction of sp³-hybridized carbons (Fsp3) is 0.474. The summed E-state index contributed by atoms with van der Waals surface area (Å²) in [5, 5.41) is 14.7. The quantitative estimate of drug-likeness (QED) is 0.339. The van der Waals surface area contributed by atoms with Crippen LogP contribution in [0.15, 0.2) is 76.1 Å². The van der Waals surface area contributed by atoms with Gasteiger partial charge in [0.25, 0.3) is 0 Å². The summed E-state index contributed by atoms with van der Waals surface area (Å²) in [6.45, 7) is 15.3. The molecular formula is C38H46N4O2.